The van der Waals surface area contributed by atoms with Crippen LogP contribution in [0, 0.1) is 6.92 Å². The molecule has 0 bridgehead atoms. The van der Waals surface area contributed by atoms with Crippen LogP contribution in [0.1, 0.15) is 29.2 Å². The van der Waals surface area contributed by atoms with Crippen LogP contribution >= 0.6 is 0 Å². The average Bonchev–Trinajstić information content (AvgIpc) is 2.63. The molecule has 122 valence electrons. The Bertz CT molecular complexity index is 773. The number of hydrogen-bond donors (Lipinski definition) is 0. The third kappa shape index (κ3) is 3.35. The molecule has 0 spiro atoms. The van der Waals surface area contributed by atoms with Gasteiger partial charge in [-0.3, -0.25) is 0 Å². The molecule has 1 unspecified atom stereocenters. The number of rotatable bonds is 5. The topological polar surface area (TPSA) is 9.23 Å². The summed E-state index contributed by atoms with van der Waals surface area (Å²) in [5.41, 5.74) is 5.19. The standard InChI is InChI=1S/C23H24O/c1-18-9-11-20(12-10-18)23(2,17-19-7-5-4-6-8-19)21-13-15-22(24-3)16-14-21/h4-16H,17H2,1-3H3. The minimum Gasteiger partial charge on any atom is -0.497 e. The molecule has 0 aliphatic carbocycles. The molecule has 0 heterocycles. The van der Waals surface area contributed by atoms with Gasteiger partial charge in [0.05, 0.1) is 7.11 Å². The molecule has 0 amide bonds. The molecule has 0 aromatic heterocycles. The molecule has 0 fully saturated rings. The van der Waals surface area contributed by atoms with E-state index in [0.29, 0.717) is 0 Å². The highest BCUT2D eigenvalue weighted by Gasteiger charge is 2.29. The van der Waals surface area contributed by atoms with Crippen LogP contribution in [-0.2, 0) is 11.8 Å². The Morgan fingerprint density at radius 2 is 1.29 bits per heavy atom. The summed E-state index contributed by atoms with van der Waals surface area (Å²) in [6, 6.07) is 28.1. The van der Waals surface area contributed by atoms with Gasteiger partial charge in [0.15, 0.2) is 0 Å². The Labute approximate surface area is 144 Å². The van der Waals surface area contributed by atoms with Crippen molar-refractivity contribution >= 4 is 0 Å². The smallest absolute Gasteiger partial charge is 0.118 e. The monoisotopic (exact) mass is 316 g/mol. The second-order valence-electron chi connectivity index (χ2n) is 6.59. The highest BCUT2D eigenvalue weighted by molar-refractivity contribution is 5.43. The van der Waals surface area contributed by atoms with Crippen molar-refractivity contribution in [3.8, 4) is 5.75 Å². The number of ether oxygens (including phenoxy) is 1. The third-order valence-corrected chi connectivity index (χ3v) is 4.82. The van der Waals surface area contributed by atoms with Crippen LogP contribution in [-0.4, -0.2) is 7.11 Å². The number of benzene rings is 3. The Hall–Kier alpha value is -2.54. The van der Waals surface area contributed by atoms with Gasteiger partial charge in [0.2, 0.25) is 0 Å². The third-order valence-electron chi connectivity index (χ3n) is 4.82. The molecule has 0 saturated heterocycles. The minimum atomic E-state index is -0.0820. The van der Waals surface area contributed by atoms with Gasteiger partial charge in [-0.1, -0.05) is 79.2 Å². The first-order chi connectivity index (χ1) is 11.6. The van der Waals surface area contributed by atoms with Gasteiger partial charge in [0, 0.05) is 5.41 Å². The molecule has 0 radical (unpaired) electrons. The molecule has 1 heteroatoms. The molecule has 3 aromatic carbocycles. The molecule has 0 N–H and O–H groups in total. The van der Waals surface area contributed by atoms with Crippen molar-refractivity contribution in [2.24, 2.45) is 0 Å². The second kappa shape index (κ2) is 6.92. The Morgan fingerprint density at radius 1 is 0.750 bits per heavy atom. The van der Waals surface area contributed by atoms with Crippen LogP contribution in [0.3, 0.4) is 0 Å². The largest absolute Gasteiger partial charge is 0.497 e. The van der Waals surface area contributed by atoms with Crippen LogP contribution in [0.25, 0.3) is 0 Å². The highest BCUT2D eigenvalue weighted by Crippen LogP contribution is 2.36. The van der Waals surface area contributed by atoms with Gasteiger partial charge in [0.25, 0.3) is 0 Å². The first-order valence-electron chi connectivity index (χ1n) is 8.37. The van der Waals surface area contributed by atoms with E-state index in [-0.39, 0.29) is 5.41 Å². The SMILES string of the molecule is COc1ccc(C(C)(Cc2ccccc2)c2ccc(C)cc2)cc1. The summed E-state index contributed by atoms with van der Waals surface area (Å²) in [5.74, 6) is 0.893. The summed E-state index contributed by atoms with van der Waals surface area (Å²) in [5, 5.41) is 0. The van der Waals surface area contributed by atoms with Gasteiger partial charge < -0.3 is 4.74 Å². The molecule has 3 aromatic rings. The van der Waals surface area contributed by atoms with Crippen molar-refractivity contribution < 1.29 is 4.74 Å². The highest BCUT2D eigenvalue weighted by atomic mass is 16.5. The molecule has 0 saturated carbocycles. The summed E-state index contributed by atoms with van der Waals surface area (Å²) in [6.45, 7) is 4.46. The zero-order chi connectivity index (χ0) is 17.0. The predicted molar refractivity (Wildman–Crippen MR) is 101 cm³/mol. The van der Waals surface area contributed by atoms with E-state index in [2.05, 4.69) is 80.6 Å². The van der Waals surface area contributed by atoms with E-state index >= 15 is 0 Å². The molecular formula is C23H24O. The Balaban J connectivity index is 2.06. The van der Waals surface area contributed by atoms with E-state index in [4.69, 9.17) is 4.74 Å². The van der Waals surface area contributed by atoms with E-state index in [9.17, 15) is 0 Å². The fourth-order valence-corrected chi connectivity index (χ4v) is 3.26. The number of methoxy groups -OCH3 is 1. The van der Waals surface area contributed by atoms with Gasteiger partial charge >= 0.3 is 0 Å². The van der Waals surface area contributed by atoms with Crippen LogP contribution in [0.4, 0.5) is 0 Å². The van der Waals surface area contributed by atoms with Crippen LogP contribution in [0.15, 0.2) is 78.9 Å². The van der Waals surface area contributed by atoms with Crippen LogP contribution in [0.2, 0.25) is 0 Å². The lowest BCUT2D eigenvalue weighted by Crippen LogP contribution is -2.26. The van der Waals surface area contributed by atoms with Crippen molar-refractivity contribution in [2.45, 2.75) is 25.7 Å². The lowest BCUT2D eigenvalue weighted by molar-refractivity contribution is 0.414. The summed E-state index contributed by atoms with van der Waals surface area (Å²) >= 11 is 0. The second-order valence-corrected chi connectivity index (χ2v) is 6.59. The first kappa shape index (κ1) is 16.3. The van der Waals surface area contributed by atoms with Crippen molar-refractivity contribution in [1.82, 2.24) is 0 Å². The molecular weight excluding hydrogens is 292 g/mol. The van der Waals surface area contributed by atoms with Crippen LogP contribution in [0.5, 0.6) is 5.75 Å². The number of hydrogen-bond acceptors (Lipinski definition) is 1. The maximum absolute atomic E-state index is 5.32. The predicted octanol–water partition coefficient (Wildman–Crippen LogP) is 5.55. The molecule has 3 rings (SSSR count). The maximum Gasteiger partial charge on any atom is 0.118 e. The quantitative estimate of drug-likeness (QED) is 0.599. The van der Waals surface area contributed by atoms with Crippen molar-refractivity contribution in [3.63, 3.8) is 0 Å². The van der Waals surface area contributed by atoms with Gasteiger partial charge in [-0.25, -0.2) is 0 Å². The zero-order valence-electron chi connectivity index (χ0n) is 14.6. The fraction of sp³-hybridized carbons (Fsp3) is 0.217. The molecule has 1 nitrogen and oxygen atoms in total. The normalized spacial score (nSPS) is 13.3. The van der Waals surface area contributed by atoms with E-state index in [1.807, 2.05) is 12.1 Å². The van der Waals surface area contributed by atoms with Gasteiger partial charge in [-0.2, -0.15) is 0 Å². The lowest BCUT2D eigenvalue weighted by atomic mass is 9.72. The van der Waals surface area contributed by atoms with Crippen LogP contribution < -0.4 is 4.74 Å². The van der Waals surface area contributed by atoms with Gasteiger partial charge in [0.1, 0.15) is 5.75 Å². The molecule has 0 aliphatic heterocycles. The minimum absolute atomic E-state index is 0.0820. The van der Waals surface area contributed by atoms with Crippen molar-refractivity contribution in [1.29, 1.82) is 0 Å². The molecule has 1 atom stereocenters. The number of aryl methyl sites for hydroxylation is 1. The molecule has 0 aliphatic rings. The van der Waals surface area contributed by atoms with Gasteiger partial charge in [-0.15, -0.1) is 0 Å². The van der Waals surface area contributed by atoms with Crippen molar-refractivity contribution in [3.05, 3.63) is 101 Å². The summed E-state index contributed by atoms with van der Waals surface area (Å²) < 4.78 is 5.32. The van der Waals surface area contributed by atoms with E-state index in [1.54, 1.807) is 7.11 Å². The summed E-state index contributed by atoms with van der Waals surface area (Å²) in [7, 11) is 1.71. The molecule has 24 heavy (non-hydrogen) atoms. The maximum atomic E-state index is 5.32. The lowest BCUT2D eigenvalue weighted by Gasteiger charge is -2.31. The van der Waals surface area contributed by atoms with Crippen molar-refractivity contribution in [2.75, 3.05) is 7.11 Å². The van der Waals surface area contributed by atoms with E-state index in [0.717, 1.165) is 12.2 Å². The average molecular weight is 316 g/mol. The summed E-state index contributed by atoms with van der Waals surface area (Å²) in [6.07, 6.45) is 0.962. The van der Waals surface area contributed by atoms with E-state index in [1.165, 1.54) is 22.3 Å². The zero-order valence-corrected chi connectivity index (χ0v) is 14.6. The fourth-order valence-electron chi connectivity index (χ4n) is 3.26. The Morgan fingerprint density at radius 3 is 1.83 bits per heavy atom. The van der Waals surface area contributed by atoms with E-state index < -0.39 is 0 Å². The summed E-state index contributed by atoms with van der Waals surface area (Å²) in [4.78, 5) is 0. The first-order valence-corrected chi connectivity index (χ1v) is 8.37. The van der Waals surface area contributed by atoms with Gasteiger partial charge in [-0.05, 0) is 42.2 Å². The Kier molecular flexibility index (Phi) is 4.71.